The van der Waals surface area contributed by atoms with Crippen LogP contribution in [0.25, 0.3) is 10.4 Å². The molecule has 0 fully saturated rings. The van der Waals surface area contributed by atoms with Crippen molar-refractivity contribution in [3.8, 4) is 16.2 Å². The second-order valence-electron chi connectivity index (χ2n) is 6.81. The van der Waals surface area contributed by atoms with E-state index in [1.54, 1.807) is 11.5 Å². The Hall–Kier alpha value is -3.20. The number of aromatic nitrogens is 3. The van der Waals surface area contributed by atoms with Crippen LogP contribution in [0.3, 0.4) is 0 Å². The van der Waals surface area contributed by atoms with E-state index in [-0.39, 0.29) is 19.0 Å². The number of carboxylic acid groups (broad SMARTS) is 1. The molecule has 8 nitrogen and oxygen atoms in total. The fraction of sp³-hybridized carbons (Fsp3) is 0.263. The molecule has 9 heteroatoms. The van der Waals surface area contributed by atoms with Crippen molar-refractivity contribution in [1.82, 2.24) is 19.7 Å². The first-order chi connectivity index (χ1) is 13.5. The number of benzene rings is 1. The number of amides is 1. The lowest BCUT2D eigenvalue weighted by Crippen LogP contribution is -2.50. The highest BCUT2D eigenvalue weighted by atomic mass is 32.1. The minimum atomic E-state index is -1.04. The van der Waals surface area contributed by atoms with Gasteiger partial charge in [0.2, 0.25) is 0 Å². The van der Waals surface area contributed by atoms with Crippen LogP contribution in [0.2, 0.25) is 0 Å². The summed E-state index contributed by atoms with van der Waals surface area (Å²) in [5.41, 5.74) is 1.89. The molecule has 0 radical (unpaired) electrons. The normalized spacial score (nSPS) is 17.3. The van der Waals surface area contributed by atoms with Crippen LogP contribution in [0.5, 0.6) is 5.75 Å². The molecule has 2 aromatic heterocycles. The fourth-order valence-corrected chi connectivity index (χ4v) is 4.84. The summed E-state index contributed by atoms with van der Waals surface area (Å²) in [5, 5.41) is 17.8. The van der Waals surface area contributed by atoms with Crippen molar-refractivity contribution in [1.29, 1.82) is 0 Å². The zero-order valence-corrected chi connectivity index (χ0v) is 15.8. The lowest BCUT2D eigenvalue weighted by molar-refractivity contribution is -0.143. The summed E-state index contributed by atoms with van der Waals surface area (Å²) in [6, 6.07) is 8.55. The van der Waals surface area contributed by atoms with Gasteiger partial charge in [-0.15, -0.1) is 21.5 Å². The van der Waals surface area contributed by atoms with Crippen LogP contribution in [0, 0.1) is 6.92 Å². The van der Waals surface area contributed by atoms with Crippen LogP contribution >= 0.6 is 11.3 Å². The minimum Gasteiger partial charge on any atom is -0.488 e. The zero-order valence-electron chi connectivity index (χ0n) is 15.0. The molecule has 0 saturated heterocycles. The first kappa shape index (κ1) is 16.9. The number of nitrogens with zero attached hydrogens (tertiary/aromatic N) is 4. The molecule has 4 heterocycles. The summed E-state index contributed by atoms with van der Waals surface area (Å²) >= 11 is 1.37. The Morgan fingerprint density at radius 1 is 1.29 bits per heavy atom. The predicted octanol–water partition coefficient (Wildman–Crippen LogP) is 2.32. The third kappa shape index (κ3) is 2.50. The van der Waals surface area contributed by atoms with Crippen LogP contribution in [0.15, 0.2) is 30.3 Å². The number of aryl methyl sites for hydroxylation is 1. The number of para-hydroxylation sites is 1. The van der Waals surface area contributed by atoms with Crippen molar-refractivity contribution < 1.29 is 19.4 Å². The van der Waals surface area contributed by atoms with Crippen molar-refractivity contribution in [3.05, 3.63) is 52.4 Å². The van der Waals surface area contributed by atoms with Crippen molar-refractivity contribution in [2.24, 2.45) is 0 Å². The molecule has 2 aliphatic rings. The summed E-state index contributed by atoms with van der Waals surface area (Å²) < 4.78 is 7.52. The molecule has 2 aliphatic heterocycles. The topological polar surface area (TPSA) is 97.5 Å². The number of fused-ring (bicyclic) bond motifs is 4. The number of aliphatic carboxylic acids is 1. The Labute approximate surface area is 164 Å². The van der Waals surface area contributed by atoms with Gasteiger partial charge in [-0.2, -0.15) is 0 Å². The van der Waals surface area contributed by atoms with E-state index in [0.717, 1.165) is 21.8 Å². The molecule has 1 N–H and O–H groups in total. The summed E-state index contributed by atoms with van der Waals surface area (Å²) in [5.74, 6) is 0.686. The van der Waals surface area contributed by atoms with E-state index >= 15 is 0 Å². The van der Waals surface area contributed by atoms with Crippen molar-refractivity contribution in [2.75, 3.05) is 0 Å². The number of carboxylic acids is 1. The van der Waals surface area contributed by atoms with Gasteiger partial charge in [-0.25, -0.2) is 4.79 Å². The van der Waals surface area contributed by atoms with Crippen LogP contribution < -0.4 is 4.74 Å². The predicted molar refractivity (Wildman–Crippen MR) is 100 cm³/mol. The summed E-state index contributed by atoms with van der Waals surface area (Å²) in [6.07, 6.45) is 0. The second-order valence-corrected chi connectivity index (χ2v) is 7.86. The second kappa shape index (κ2) is 6.16. The fourth-order valence-electron chi connectivity index (χ4n) is 3.68. The van der Waals surface area contributed by atoms with Crippen LogP contribution in [-0.4, -0.2) is 42.7 Å². The number of carbonyl (C=O) groups excluding carboxylic acids is 1. The highest BCUT2D eigenvalue weighted by Gasteiger charge is 2.38. The van der Waals surface area contributed by atoms with E-state index < -0.39 is 12.0 Å². The summed E-state index contributed by atoms with van der Waals surface area (Å²) in [6.45, 7) is 2.43. The first-order valence-corrected chi connectivity index (χ1v) is 9.62. The van der Waals surface area contributed by atoms with Gasteiger partial charge in [0.05, 0.1) is 18.0 Å². The van der Waals surface area contributed by atoms with E-state index in [0.29, 0.717) is 23.1 Å². The quantitative estimate of drug-likeness (QED) is 0.714. The third-order valence-electron chi connectivity index (χ3n) is 5.14. The van der Waals surface area contributed by atoms with Crippen LogP contribution in [0.4, 0.5) is 0 Å². The average molecular weight is 396 g/mol. The van der Waals surface area contributed by atoms with Crippen LogP contribution in [-0.2, 0) is 24.5 Å². The van der Waals surface area contributed by atoms with Gasteiger partial charge in [0.1, 0.15) is 24.2 Å². The number of ether oxygens (including phenoxy) is 1. The smallest absolute Gasteiger partial charge is 0.328 e. The van der Waals surface area contributed by atoms with E-state index in [1.807, 2.05) is 30.3 Å². The monoisotopic (exact) mass is 396 g/mol. The van der Waals surface area contributed by atoms with E-state index in [1.165, 1.54) is 16.2 Å². The molecule has 28 heavy (non-hydrogen) atoms. The minimum absolute atomic E-state index is 0.117. The van der Waals surface area contributed by atoms with Gasteiger partial charge in [0.25, 0.3) is 5.91 Å². The van der Waals surface area contributed by atoms with E-state index in [9.17, 15) is 14.7 Å². The number of rotatable bonds is 2. The van der Waals surface area contributed by atoms with Gasteiger partial charge in [-0.1, -0.05) is 12.1 Å². The SMILES string of the molecule is Cc1nnc2n1CC(C(=O)O)N(C(=O)c1cc3c(s1)-c1ccccc1OC3)C2. The molecular formula is C19H16N4O4S. The molecule has 5 rings (SSSR count). The van der Waals surface area contributed by atoms with Gasteiger partial charge in [0.15, 0.2) is 5.82 Å². The summed E-state index contributed by atoms with van der Waals surface area (Å²) in [4.78, 5) is 27.9. The first-order valence-electron chi connectivity index (χ1n) is 8.80. The highest BCUT2D eigenvalue weighted by Crippen LogP contribution is 2.42. The number of hydrogen-bond donors (Lipinski definition) is 1. The van der Waals surface area contributed by atoms with Gasteiger partial charge in [0, 0.05) is 16.0 Å². The Morgan fingerprint density at radius 3 is 2.93 bits per heavy atom. The summed E-state index contributed by atoms with van der Waals surface area (Å²) in [7, 11) is 0. The Bertz CT molecular complexity index is 1120. The molecular weight excluding hydrogens is 380 g/mol. The lowest BCUT2D eigenvalue weighted by Gasteiger charge is -2.33. The van der Waals surface area contributed by atoms with Gasteiger partial charge < -0.3 is 19.3 Å². The molecule has 3 aromatic rings. The Morgan fingerprint density at radius 2 is 2.11 bits per heavy atom. The van der Waals surface area contributed by atoms with Crippen molar-refractivity contribution in [3.63, 3.8) is 0 Å². The molecule has 0 aliphatic carbocycles. The molecule has 1 atom stereocenters. The van der Waals surface area contributed by atoms with Crippen molar-refractivity contribution in [2.45, 2.75) is 32.7 Å². The highest BCUT2D eigenvalue weighted by molar-refractivity contribution is 7.17. The van der Waals surface area contributed by atoms with E-state index in [2.05, 4.69) is 10.2 Å². The molecule has 1 unspecified atom stereocenters. The number of hydrogen-bond acceptors (Lipinski definition) is 6. The molecule has 0 spiro atoms. The van der Waals surface area contributed by atoms with Gasteiger partial charge in [-0.3, -0.25) is 4.79 Å². The van der Waals surface area contributed by atoms with E-state index in [4.69, 9.17) is 4.74 Å². The largest absolute Gasteiger partial charge is 0.488 e. The Kier molecular flexibility index (Phi) is 3.73. The molecule has 1 aromatic carbocycles. The molecule has 142 valence electrons. The lowest BCUT2D eigenvalue weighted by atomic mass is 10.1. The van der Waals surface area contributed by atoms with Crippen molar-refractivity contribution >= 4 is 23.2 Å². The molecule has 1 amide bonds. The Balaban J connectivity index is 1.52. The van der Waals surface area contributed by atoms with Crippen LogP contribution in [0.1, 0.15) is 26.9 Å². The van der Waals surface area contributed by atoms with Gasteiger partial charge >= 0.3 is 5.97 Å². The third-order valence-corrected chi connectivity index (χ3v) is 6.34. The number of thiophene rings is 1. The van der Waals surface area contributed by atoms with Gasteiger partial charge in [-0.05, 0) is 25.1 Å². The standard InChI is InChI=1S/C19H16N4O4S/c1-10-20-21-16-8-23(13(19(25)26)7-22(10)16)18(24)15-6-11-9-27-14-5-3-2-4-12(14)17(11)28-15/h2-6,13H,7-9H2,1H3,(H,25,26). The molecule has 0 bridgehead atoms. The number of carbonyl (C=O) groups is 2. The average Bonchev–Trinajstić information content (AvgIpc) is 3.30. The maximum Gasteiger partial charge on any atom is 0.328 e. The maximum atomic E-state index is 13.2. The molecule has 0 saturated carbocycles. The maximum absolute atomic E-state index is 13.2. The zero-order chi connectivity index (χ0) is 19.4.